The predicted octanol–water partition coefficient (Wildman–Crippen LogP) is 2.02. The molecule has 1 unspecified atom stereocenters. The van der Waals surface area contributed by atoms with Crippen LogP contribution >= 0.6 is 11.3 Å². The minimum Gasteiger partial charge on any atom is -0.383 e. The van der Waals surface area contributed by atoms with Gasteiger partial charge in [0.15, 0.2) is 0 Å². The van der Waals surface area contributed by atoms with Crippen molar-refractivity contribution in [3.05, 3.63) is 57.8 Å². The Morgan fingerprint density at radius 3 is 2.43 bits per heavy atom. The minimum atomic E-state index is -1.09. The van der Waals surface area contributed by atoms with Gasteiger partial charge in [-0.15, -0.1) is 11.3 Å². The smallest absolute Gasteiger partial charge is 0.251 e. The molecule has 0 aliphatic rings. The lowest BCUT2D eigenvalue weighted by atomic mass is 10.0. The molecule has 2 amide bonds. The van der Waals surface area contributed by atoms with Crippen molar-refractivity contribution < 1.29 is 14.7 Å². The maximum absolute atomic E-state index is 12.1. The molecule has 0 bridgehead atoms. The number of thiophene rings is 1. The number of carbonyl (C=O) groups is 2. The first-order valence-corrected chi connectivity index (χ1v) is 8.14. The summed E-state index contributed by atoms with van der Waals surface area (Å²) in [6.45, 7) is 3.71. The minimum absolute atomic E-state index is 0.0948. The van der Waals surface area contributed by atoms with Crippen LogP contribution in [-0.2, 0) is 16.9 Å². The fourth-order valence-corrected chi connectivity index (χ4v) is 2.81. The summed E-state index contributed by atoms with van der Waals surface area (Å²) >= 11 is 1.45. The largest absolute Gasteiger partial charge is 0.383 e. The van der Waals surface area contributed by atoms with Crippen LogP contribution in [0.25, 0.3) is 0 Å². The third-order valence-corrected chi connectivity index (χ3v) is 4.53. The normalized spacial score (nSPS) is 13.2. The summed E-state index contributed by atoms with van der Waals surface area (Å²) in [5.41, 5.74) is 0.343. The molecule has 2 rings (SSSR count). The average molecular weight is 332 g/mol. The summed E-state index contributed by atoms with van der Waals surface area (Å²) in [4.78, 5) is 23.8. The summed E-state index contributed by atoms with van der Waals surface area (Å²) in [7, 11) is 0. The highest BCUT2D eigenvalue weighted by molar-refractivity contribution is 7.10. The second kappa shape index (κ2) is 7.39. The highest BCUT2D eigenvalue weighted by Crippen LogP contribution is 2.24. The monoisotopic (exact) mass is 332 g/mol. The lowest BCUT2D eigenvalue weighted by Gasteiger charge is -2.22. The molecule has 0 fully saturated rings. The molecule has 0 saturated carbocycles. The Hall–Kier alpha value is -2.18. The highest BCUT2D eigenvalue weighted by atomic mass is 32.1. The van der Waals surface area contributed by atoms with Crippen molar-refractivity contribution in [2.45, 2.75) is 26.0 Å². The van der Waals surface area contributed by atoms with Crippen LogP contribution in [0.3, 0.4) is 0 Å². The molecule has 2 aromatic rings. The zero-order chi connectivity index (χ0) is 16.9. The van der Waals surface area contributed by atoms with Crippen LogP contribution < -0.4 is 10.6 Å². The quantitative estimate of drug-likeness (QED) is 0.757. The van der Waals surface area contributed by atoms with Crippen LogP contribution in [0.2, 0.25) is 0 Å². The molecule has 0 aliphatic carbocycles. The summed E-state index contributed by atoms with van der Waals surface area (Å²) in [5, 5.41) is 17.7. The zero-order valence-electron chi connectivity index (χ0n) is 13.1. The number of benzene rings is 1. The van der Waals surface area contributed by atoms with Gasteiger partial charge in [0.1, 0.15) is 5.60 Å². The predicted molar refractivity (Wildman–Crippen MR) is 90.2 cm³/mol. The number of carbonyl (C=O) groups excluding carboxylic acids is 2. The van der Waals surface area contributed by atoms with Crippen LogP contribution in [-0.4, -0.2) is 23.5 Å². The van der Waals surface area contributed by atoms with Crippen LogP contribution in [0, 0.1) is 0 Å². The molecule has 0 spiro atoms. The van der Waals surface area contributed by atoms with Gasteiger partial charge in [-0.05, 0) is 36.1 Å². The van der Waals surface area contributed by atoms with Gasteiger partial charge in [0.25, 0.3) is 5.91 Å². The van der Waals surface area contributed by atoms with E-state index in [9.17, 15) is 14.7 Å². The van der Waals surface area contributed by atoms with Crippen molar-refractivity contribution >= 4 is 23.2 Å². The molecule has 0 radical (unpaired) electrons. The zero-order valence-corrected chi connectivity index (χ0v) is 13.9. The van der Waals surface area contributed by atoms with E-state index in [1.165, 1.54) is 18.3 Å². The third-order valence-electron chi connectivity index (χ3n) is 3.40. The van der Waals surface area contributed by atoms with E-state index in [4.69, 9.17) is 0 Å². The Morgan fingerprint density at radius 1 is 1.17 bits per heavy atom. The topological polar surface area (TPSA) is 78.4 Å². The molecule has 1 atom stereocenters. The van der Waals surface area contributed by atoms with Gasteiger partial charge in [-0.25, -0.2) is 0 Å². The number of amides is 2. The first kappa shape index (κ1) is 17.2. The number of hydrogen-bond donors (Lipinski definition) is 3. The molecule has 6 heteroatoms. The molecule has 23 heavy (non-hydrogen) atoms. The van der Waals surface area contributed by atoms with Crippen molar-refractivity contribution in [1.29, 1.82) is 0 Å². The molecule has 1 heterocycles. The third kappa shape index (κ3) is 4.91. The maximum Gasteiger partial charge on any atom is 0.251 e. The average Bonchev–Trinajstić information content (AvgIpc) is 3.06. The Bertz CT molecular complexity index is 664. The molecule has 0 aliphatic heterocycles. The van der Waals surface area contributed by atoms with E-state index in [-0.39, 0.29) is 18.4 Å². The van der Waals surface area contributed by atoms with E-state index >= 15 is 0 Å². The SMILES string of the molecule is CC(=O)NCc1ccc(C(=O)NCC(C)(O)c2cccs2)cc1. The van der Waals surface area contributed by atoms with Crippen LogP contribution in [0.5, 0.6) is 0 Å². The fraction of sp³-hybridized carbons (Fsp3) is 0.294. The standard InChI is InChI=1S/C17H20N2O3S/c1-12(20)18-10-13-5-7-14(8-6-13)16(21)19-11-17(2,22)15-4-3-9-23-15/h3-9,22H,10-11H2,1-2H3,(H,18,20)(H,19,21). The van der Waals surface area contributed by atoms with Crippen LogP contribution in [0.1, 0.15) is 34.6 Å². The molecule has 3 N–H and O–H groups in total. The van der Waals surface area contributed by atoms with Crippen molar-refractivity contribution in [3.63, 3.8) is 0 Å². The molecule has 5 nitrogen and oxygen atoms in total. The number of rotatable bonds is 6. The Kier molecular flexibility index (Phi) is 5.52. The Morgan fingerprint density at radius 2 is 1.87 bits per heavy atom. The molecular weight excluding hydrogens is 312 g/mol. The highest BCUT2D eigenvalue weighted by Gasteiger charge is 2.25. The van der Waals surface area contributed by atoms with Crippen LogP contribution in [0.15, 0.2) is 41.8 Å². The van der Waals surface area contributed by atoms with Crippen molar-refractivity contribution in [2.24, 2.45) is 0 Å². The second-order valence-electron chi connectivity index (χ2n) is 5.54. The van der Waals surface area contributed by atoms with Crippen LogP contribution in [0.4, 0.5) is 0 Å². The van der Waals surface area contributed by atoms with Gasteiger partial charge < -0.3 is 15.7 Å². The van der Waals surface area contributed by atoms with Gasteiger partial charge >= 0.3 is 0 Å². The summed E-state index contributed by atoms with van der Waals surface area (Å²) in [5.74, 6) is -0.337. The lowest BCUT2D eigenvalue weighted by Crippen LogP contribution is -2.38. The Balaban J connectivity index is 1.92. The maximum atomic E-state index is 12.1. The van der Waals surface area contributed by atoms with Crippen molar-refractivity contribution in [2.75, 3.05) is 6.54 Å². The van der Waals surface area contributed by atoms with Gasteiger partial charge in [0.2, 0.25) is 5.91 Å². The number of nitrogens with one attached hydrogen (secondary N) is 2. The van der Waals surface area contributed by atoms with Gasteiger partial charge in [-0.2, -0.15) is 0 Å². The van der Waals surface area contributed by atoms with E-state index in [0.29, 0.717) is 12.1 Å². The molecule has 122 valence electrons. The first-order valence-electron chi connectivity index (χ1n) is 7.26. The van der Waals surface area contributed by atoms with Gasteiger partial charge in [0.05, 0.1) is 6.54 Å². The second-order valence-corrected chi connectivity index (χ2v) is 6.49. The Labute approximate surface area is 139 Å². The van der Waals surface area contributed by atoms with E-state index in [0.717, 1.165) is 10.4 Å². The van der Waals surface area contributed by atoms with E-state index in [1.807, 2.05) is 17.5 Å². The summed E-state index contributed by atoms with van der Waals surface area (Å²) < 4.78 is 0. The lowest BCUT2D eigenvalue weighted by molar-refractivity contribution is -0.119. The van der Waals surface area contributed by atoms with Gasteiger partial charge in [0, 0.05) is 23.9 Å². The first-order chi connectivity index (χ1) is 10.9. The van der Waals surface area contributed by atoms with E-state index in [2.05, 4.69) is 10.6 Å². The molecular formula is C17H20N2O3S. The van der Waals surface area contributed by atoms with Crippen molar-refractivity contribution in [1.82, 2.24) is 10.6 Å². The fourth-order valence-electron chi connectivity index (χ4n) is 2.03. The number of aliphatic hydroxyl groups is 1. The van der Waals surface area contributed by atoms with Gasteiger partial charge in [-0.1, -0.05) is 18.2 Å². The summed E-state index contributed by atoms with van der Waals surface area (Å²) in [6, 6.07) is 10.7. The molecule has 0 saturated heterocycles. The van der Waals surface area contributed by atoms with Crippen molar-refractivity contribution in [3.8, 4) is 0 Å². The van der Waals surface area contributed by atoms with E-state index in [1.54, 1.807) is 31.2 Å². The summed E-state index contributed by atoms with van der Waals surface area (Å²) in [6.07, 6.45) is 0. The number of hydrogen-bond acceptors (Lipinski definition) is 4. The molecule has 1 aromatic heterocycles. The van der Waals surface area contributed by atoms with Gasteiger partial charge in [-0.3, -0.25) is 9.59 Å². The molecule has 1 aromatic carbocycles. The van der Waals surface area contributed by atoms with E-state index < -0.39 is 5.60 Å².